The van der Waals surface area contributed by atoms with Gasteiger partial charge in [-0.1, -0.05) is 11.6 Å². The van der Waals surface area contributed by atoms with Crippen molar-refractivity contribution in [1.29, 1.82) is 0 Å². The number of pyridine rings is 1. The Bertz CT molecular complexity index is 595. The van der Waals surface area contributed by atoms with Crippen LogP contribution in [0.4, 0.5) is 0 Å². The van der Waals surface area contributed by atoms with Gasteiger partial charge in [-0.3, -0.25) is 0 Å². The molecule has 1 fully saturated rings. The molecule has 6 heteroatoms. The molecule has 0 radical (unpaired) electrons. The number of ether oxygens (including phenoxy) is 1. The largest absolute Gasteiger partial charge is 0.381 e. The van der Waals surface area contributed by atoms with Gasteiger partial charge in [0.05, 0.1) is 10.9 Å². The van der Waals surface area contributed by atoms with E-state index in [1.807, 2.05) is 6.07 Å². The maximum absolute atomic E-state index is 5.96. The quantitative estimate of drug-likeness (QED) is 0.578. The highest BCUT2D eigenvalue weighted by Crippen LogP contribution is 2.28. The van der Waals surface area contributed by atoms with E-state index in [-0.39, 0.29) is 0 Å². The third-order valence-electron chi connectivity index (χ3n) is 3.47. The van der Waals surface area contributed by atoms with Gasteiger partial charge in [0.25, 0.3) is 0 Å². The molecule has 1 aliphatic carbocycles. The lowest BCUT2D eigenvalue weighted by molar-refractivity contribution is 0.119. The minimum atomic E-state index is 0.372. The van der Waals surface area contributed by atoms with Crippen LogP contribution in [0.25, 0.3) is 11.2 Å². The summed E-state index contributed by atoms with van der Waals surface area (Å²) in [6, 6.07) is 1.82. The van der Waals surface area contributed by atoms with Gasteiger partial charge in [-0.2, -0.15) is 0 Å². The molecule has 0 aliphatic heterocycles. The Kier molecular flexibility index (Phi) is 4.44. The van der Waals surface area contributed by atoms with Gasteiger partial charge >= 0.3 is 0 Å². The molecule has 0 amide bonds. The van der Waals surface area contributed by atoms with E-state index in [2.05, 4.69) is 14.5 Å². The van der Waals surface area contributed by atoms with Crippen LogP contribution in [0.3, 0.4) is 0 Å². The summed E-state index contributed by atoms with van der Waals surface area (Å²) in [5.74, 6) is 2.02. The summed E-state index contributed by atoms with van der Waals surface area (Å²) < 4.78 is 7.71. The molecule has 0 spiro atoms. The lowest BCUT2D eigenvalue weighted by Crippen LogP contribution is -2.07. The number of hydrogen-bond donors (Lipinski definition) is 0. The average Bonchev–Trinajstić information content (AvgIpc) is 3.20. The van der Waals surface area contributed by atoms with Crippen LogP contribution in [0.15, 0.2) is 12.3 Å². The first-order chi connectivity index (χ1) is 9.78. The van der Waals surface area contributed by atoms with Gasteiger partial charge in [0, 0.05) is 26.0 Å². The molecule has 0 saturated heterocycles. The highest BCUT2D eigenvalue weighted by atomic mass is 35.5. The fourth-order valence-electron chi connectivity index (χ4n) is 2.23. The first-order valence-electron chi connectivity index (χ1n) is 6.92. The number of nitrogens with zero attached hydrogens (tertiary/aromatic N) is 3. The van der Waals surface area contributed by atoms with Crippen molar-refractivity contribution in [2.24, 2.45) is 5.92 Å². The molecule has 0 aromatic carbocycles. The third kappa shape index (κ3) is 3.25. The molecule has 2 aromatic heterocycles. The predicted molar refractivity (Wildman–Crippen MR) is 80.3 cm³/mol. The second kappa shape index (κ2) is 6.29. The minimum Gasteiger partial charge on any atom is -0.381 e. The molecular formula is C14H17Cl2N3O. The van der Waals surface area contributed by atoms with E-state index in [9.17, 15) is 0 Å². The van der Waals surface area contributed by atoms with Crippen LogP contribution >= 0.6 is 23.2 Å². The molecule has 1 aliphatic rings. The van der Waals surface area contributed by atoms with Gasteiger partial charge in [0.15, 0.2) is 5.65 Å². The molecule has 1 saturated carbocycles. The first-order valence-corrected chi connectivity index (χ1v) is 7.83. The number of halogens is 2. The lowest BCUT2D eigenvalue weighted by Gasteiger charge is -2.07. The van der Waals surface area contributed by atoms with Crippen LogP contribution in [-0.2, 0) is 17.2 Å². The highest BCUT2D eigenvalue weighted by molar-refractivity contribution is 6.31. The summed E-state index contributed by atoms with van der Waals surface area (Å²) in [5.41, 5.74) is 1.64. The van der Waals surface area contributed by atoms with Crippen molar-refractivity contribution in [3.8, 4) is 0 Å². The fourth-order valence-corrected chi connectivity index (χ4v) is 2.59. The second-order valence-electron chi connectivity index (χ2n) is 5.18. The molecule has 0 bridgehead atoms. The zero-order valence-corrected chi connectivity index (χ0v) is 12.7. The van der Waals surface area contributed by atoms with Gasteiger partial charge in [-0.05, 0) is 31.2 Å². The standard InChI is InChI=1S/C14H17Cl2N3O/c15-7-13-18-12-6-11(16)8-17-14(12)19(13)4-1-5-20-9-10-2-3-10/h6,8,10H,1-5,7,9H2. The van der Waals surface area contributed by atoms with Crippen LogP contribution < -0.4 is 0 Å². The summed E-state index contributed by atoms with van der Waals surface area (Å²) in [6.07, 6.45) is 5.23. The molecule has 108 valence electrons. The van der Waals surface area contributed by atoms with Crippen LogP contribution in [-0.4, -0.2) is 27.7 Å². The zero-order chi connectivity index (χ0) is 13.9. The molecule has 0 unspecified atom stereocenters. The van der Waals surface area contributed by atoms with Crippen LogP contribution in [0.5, 0.6) is 0 Å². The van der Waals surface area contributed by atoms with Gasteiger partial charge in [0.1, 0.15) is 11.3 Å². The van der Waals surface area contributed by atoms with Gasteiger partial charge in [0.2, 0.25) is 0 Å². The highest BCUT2D eigenvalue weighted by Gasteiger charge is 2.20. The normalized spacial score (nSPS) is 15.1. The Morgan fingerprint density at radius 3 is 3.00 bits per heavy atom. The number of alkyl halides is 1. The van der Waals surface area contributed by atoms with Gasteiger partial charge in [-0.25, -0.2) is 9.97 Å². The van der Waals surface area contributed by atoms with Gasteiger partial charge < -0.3 is 9.30 Å². The van der Waals surface area contributed by atoms with E-state index in [1.54, 1.807) is 6.20 Å². The van der Waals surface area contributed by atoms with Crippen molar-refractivity contribution < 1.29 is 4.74 Å². The Labute approximate surface area is 128 Å². The number of fused-ring (bicyclic) bond motifs is 1. The minimum absolute atomic E-state index is 0.372. The molecule has 2 heterocycles. The van der Waals surface area contributed by atoms with E-state index in [4.69, 9.17) is 27.9 Å². The maximum atomic E-state index is 5.96. The van der Waals surface area contributed by atoms with Crippen molar-refractivity contribution in [3.05, 3.63) is 23.1 Å². The number of rotatable bonds is 7. The van der Waals surface area contributed by atoms with Crippen molar-refractivity contribution in [2.45, 2.75) is 31.7 Å². The van der Waals surface area contributed by atoms with Gasteiger partial charge in [-0.15, -0.1) is 11.6 Å². The molecule has 2 aromatic rings. The molecule has 3 rings (SSSR count). The summed E-state index contributed by atoms with van der Waals surface area (Å²) in [4.78, 5) is 8.83. The zero-order valence-electron chi connectivity index (χ0n) is 11.2. The summed E-state index contributed by atoms with van der Waals surface area (Å²) >= 11 is 11.9. The number of hydrogen-bond acceptors (Lipinski definition) is 3. The predicted octanol–water partition coefficient (Wildman–Crippen LogP) is 3.64. The van der Waals surface area contributed by atoms with E-state index < -0.39 is 0 Å². The number of aromatic nitrogens is 3. The maximum Gasteiger partial charge on any atom is 0.160 e. The average molecular weight is 314 g/mol. The molecule has 0 atom stereocenters. The Morgan fingerprint density at radius 1 is 1.40 bits per heavy atom. The second-order valence-corrected chi connectivity index (χ2v) is 5.89. The molecule has 0 N–H and O–H groups in total. The Balaban J connectivity index is 1.65. The summed E-state index contributed by atoms with van der Waals surface area (Å²) in [5, 5.41) is 0.594. The first kappa shape index (κ1) is 14.1. The molecule has 4 nitrogen and oxygen atoms in total. The molecule has 20 heavy (non-hydrogen) atoms. The summed E-state index contributed by atoms with van der Waals surface area (Å²) in [6.45, 7) is 2.49. The third-order valence-corrected chi connectivity index (χ3v) is 3.92. The van der Waals surface area contributed by atoms with Crippen LogP contribution in [0.2, 0.25) is 5.02 Å². The Hall–Kier alpha value is -0.840. The van der Waals surface area contributed by atoms with Crippen molar-refractivity contribution in [2.75, 3.05) is 13.2 Å². The van der Waals surface area contributed by atoms with Crippen molar-refractivity contribution in [1.82, 2.24) is 14.5 Å². The van der Waals surface area contributed by atoms with E-state index in [0.29, 0.717) is 10.9 Å². The lowest BCUT2D eigenvalue weighted by atomic mass is 10.4. The molecular weight excluding hydrogens is 297 g/mol. The Morgan fingerprint density at radius 2 is 2.25 bits per heavy atom. The van der Waals surface area contributed by atoms with Crippen molar-refractivity contribution in [3.63, 3.8) is 0 Å². The fraction of sp³-hybridized carbons (Fsp3) is 0.571. The van der Waals surface area contributed by atoms with E-state index in [0.717, 1.165) is 49.1 Å². The van der Waals surface area contributed by atoms with Crippen molar-refractivity contribution >= 4 is 34.4 Å². The summed E-state index contributed by atoms with van der Waals surface area (Å²) in [7, 11) is 0. The number of imidazole rings is 1. The number of aryl methyl sites for hydroxylation is 1. The smallest absolute Gasteiger partial charge is 0.160 e. The van der Waals surface area contributed by atoms with Crippen LogP contribution in [0.1, 0.15) is 25.1 Å². The van der Waals surface area contributed by atoms with E-state index >= 15 is 0 Å². The monoisotopic (exact) mass is 313 g/mol. The van der Waals surface area contributed by atoms with E-state index in [1.165, 1.54) is 12.8 Å². The topological polar surface area (TPSA) is 39.9 Å². The SMILES string of the molecule is ClCc1nc2cc(Cl)cnc2n1CCCOCC1CC1. The van der Waals surface area contributed by atoms with Crippen LogP contribution in [0, 0.1) is 5.92 Å².